The maximum atomic E-state index is 2.42. The molecular weight excluding hydrogens is 341 g/mol. The molecular formula is C15H19S5+. The van der Waals surface area contributed by atoms with Crippen molar-refractivity contribution in [3.8, 4) is 0 Å². The second-order valence-corrected chi connectivity index (χ2v) is 16.2. The molecule has 0 aliphatic carbocycles. The van der Waals surface area contributed by atoms with Crippen molar-refractivity contribution >= 4 is 57.9 Å². The van der Waals surface area contributed by atoms with Crippen molar-refractivity contribution in [3.63, 3.8) is 0 Å². The van der Waals surface area contributed by atoms with Crippen LogP contribution in [0.5, 0.6) is 0 Å². The molecule has 1 aromatic carbocycles. The van der Waals surface area contributed by atoms with Crippen molar-refractivity contribution in [3.05, 3.63) is 29.8 Å². The van der Waals surface area contributed by atoms with Gasteiger partial charge in [0.05, 0.1) is 15.5 Å². The van der Waals surface area contributed by atoms with Gasteiger partial charge in [-0.1, -0.05) is 68.2 Å². The molecule has 20 heavy (non-hydrogen) atoms. The molecule has 108 valence electrons. The predicted molar refractivity (Wildman–Crippen MR) is 101 cm³/mol. The largest absolute Gasteiger partial charge is 0.218 e. The number of benzene rings is 1. The molecule has 4 fully saturated rings. The molecule has 4 aliphatic rings. The van der Waals surface area contributed by atoms with Crippen molar-refractivity contribution in [2.24, 2.45) is 0 Å². The van der Waals surface area contributed by atoms with E-state index in [-0.39, 0.29) is 5.41 Å². The van der Waals surface area contributed by atoms with Gasteiger partial charge in [-0.25, -0.2) is 0 Å². The Balaban J connectivity index is 1.61. The average molecular weight is 360 g/mol. The van der Waals surface area contributed by atoms with Crippen LogP contribution in [0.2, 0.25) is 0 Å². The number of rotatable bonds is 1. The molecule has 1 aromatic rings. The summed E-state index contributed by atoms with van der Waals surface area (Å²) in [5, 5.41) is 0. The van der Waals surface area contributed by atoms with Gasteiger partial charge in [-0.2, -0.15) is 0 Å². The molecule has 4 heterocycles. The molecule has 5 heteroatoms. The second-order valence-electron chi connectivity index (χ2n) is 6.36. The Morgan fingerprint density at radius 1 is 1.00 bits per heavy atom. The van der Waals surface area contributed by atoms with Crippen molar-refractivity contribution in [1.29, 1.82) is 0 Å². The minimum absolute atomic E-state index is 0.264. The van der Waals surface area contributed by atoms with Crippen LogP contribution in [0.3, 0.4) is 0 Å². The fraction of sp³-hybridized carbons (Fsp3) is 0.600. The number of thioether (sulfide) groups is 4. The molecule has 0 nitrogen and oxygen atoms in total. The normalized spacial score (nSPS) is 39.2. The quantitative estimate of drug-likeness (QED) is 0.603. The fourth-order valence-electron chi connectivity index (χ4n) is 2.73. The third kappa shape index (κ3) is 2.55. The summed E-state index contributed by atoms with van der Waals surface area (Å²) in [5.41, 5.74) is 1.72. The Morgan fingerprint density at radius 3 is 2.35 bits per heavy atom. The topological polar surface area (TPSA) is 0 Å². The summed E-state index contributed by atoms with van der Waals surface area (Å²) in [4.78, 5) is 1.60. The molecule has 5 rings (SSSR count). The van der Waals surface area contributed by atoms with Gasteiger partial charge >= 0.3 is 0 Å². The minimum atomic E-state index is 0.264. The highest BCUT2D eigenvalue weighted by molar-refractivity contribution is 8.51. The van der Waals surface area contributed by atoms with Crippen LogP contribution in [0.25, 0.3) is 0 Å². The van der Waals surface area contributed by atoms with E-state index in [0.717, 1.165) is 17.0 Å². The fourth-order valence-corrected chi connectivity index (χ4v) is 18.8. The van der Waals surface area contributed by atoms with Gasteiger partial charge < -0.3 is 0 Å². The lowest BCUT2D eigenvalue weighted by Crippen LogP contribution is -2.43. The predicted octanol–water partition coefficient (Wildman–Crippen LogP) is 5.54. The Kier molecular flexibility index (Phi) is 3.83. The van der Waals surface area contributed by atoms with E-state index < -0.39 is 0 Å². The first kappa shape index (κ1) is 14.6. The molecule has 0 aromatic heterocycles. The molecule has 0 radical (unpaired) electrons. The Morgan fingerprint density at radius 2 is 1.75 bits per heavy atom. The van der Waals surface area contributed by atoms with Crippen molar-refractivity contribution < 1.29 is 0 Å². The van der Waals surface area contributed by atoms with Crippen LogP contribution in [-0.2, 0) is 16.3 Å². The summed E-state index contributed by atoms with van der Waals surface area (Å²) in [6, 6.07) is 9.56. The third-order valence-corrected chi connectivity index (χ3v) is 14.7. The number of hydrogen-bond acceptors (Lipinski definition) is 4. The van der Waals surface area contributed by atoms with Crippen LogP contribution in [-0.4, -0.2) is 17.0 Å². The van der Waals surface area contributed by atoms with Gasteiger partial charge in [0.25, 0.3) is 0 Å². The van der Waals surface area contributed by atoms with Crippen LogP contribution in [0.1, 0.15) is 32.8 Å². The second kappa shape index (κ2) is 5.26. The summed E-state index contributed by atoms with van der Waals surface area (Å²) in [7, 11) is 0.446. The van der Waals surface area contributed by atoms with Crippen LogP contribution in [0.15, 0.2) is 29.2 Å². The van der Waals surface area contributed by atoms with E-state index in [1.54, 1.807) is 4.90 Å². The van der Waals surface area contributed by atoms with Crippen molar-refractivity contribution in [1.82, 2.24) is 0 Å². The first-order valence-corrected chi connectivity index (χ1v) is 12.1. The van der Waals surface area contributed by atoms with Gasteiger partial charge in [0.1, 0.15) is 3.91 Å². The van der Waals surface area contributed by atoms with E-state index in [2.05, 4.69) is 92.1 Å². The molecule has 0 saturated carbocycles. The van der Waals surface area contributed by atoms with Gasteiger partial charge in [0, 0.05) is 6.42 Å². The van der Waals surface area contributed by atoms with E-state index in [4.69, 9.17) is 0 Å². The highest BCUT2D eigenvalue weighted by Crippen LogP contribution is 2.67. The summed E-state index contributed by atoms with van der Waals surface area (Å²) < 4.78 is 3.42. The lowest BCUT2D eigenvalue weighted by atomic mass is 9.87. The maximum absolute atomic E-state index is 2.42. The van der Waals surface area contributed by atoms with Crippen molar-refractivity contribution in [2.75, 3.05) is 0 Å². The number of hydrogen-bond donors (Lipinski definition) is 0. The summed E-state index contributed by atoms with van der Waals surface area (Å²) in [5.74, 6) is 0. The zero-order valence-corrected chi connectivity index (χ0v) is 15.9. The van der Waals surface area contributed by atoms with E-state index in [1.807, 2.05) is 0 Å². The molecule has 5 unspecified atom stereocenters. The Labute approximate surface area is 141 Å². The smallest absolute Gasteiger partial charge is 0.121 e. The van der Waals surface area contributed by atoms with Gasteiger partial charge in [0.15, 0.2) is 9.48 Å². The Hall–Kier alpha value is 0.970. The third-order valence-electron chi connectivity index (χ3n) is 3.88. The van der Waals surface area contributed by atoms with E-state index in [1.165, 1.54) is 12.0 Å². The molecule has 0 N–H and O–H groups in total. The molecule has 5 atom stereocenters. The van der Waals surface area contributed by atoms with Gasteiger partial charge in [-0.3, -0.25) is 0 Å². The lowest BCUT2D eigenvalue weighted by molar-refractivity contribution is 0.589. The SMILES string of the molecule is CC(C)(C)c1ccc([S+]2C3CC4SC(S3)SC2S4)cc1. The Bertz CT molecular complexity index is 476. The van der Waals surface area contributed by atoms with E-state index >= 15 is 0 Å². The van der Waals surface area contributed by atoms with Crippen LogP contribution < -0.4 is 0 Å². The first-order chi connectivity index (χ1) is 9.50. The summed E-state index contributed by atoms with van der Waals surface area (Å²) in [6.07, 6.45) is 1.41. The molecule has 0 spiro atoms. The highest BCUT2D eigenvalue weighted by Gasteiger charge is 2.58. The average Bonchev–Trinajstić information content (AvgIpc) is 2.37. The van der Waals surface area contributed by atoms with Crippen LogP contribution >= 0.6 is 47.0 Å². The first-order valence-electron chi connectivity index (χ1n) is 6.95. The standard InChI is InChI=1S/C15H19S5/c1-15(2,3)9-4-6-10(7-5-9)20-12-8-11-16-13(18-12)19-14(20)17-11/h4-7,11-14H,8H2,1-3H3/q+1. The lowest BCUT2D eigenvalue weighted by Gasteiger charge is -2.45. The maximum Gasteiger partial charge on any atom is 0.218 e. The zero-order chi connectivity index (χ0) is 13.9. The van der Waals surface area contributed by atoms with Gasteiger partial charge in [-0.15, -0.1) is 11.8 Å². The summed E-state index contributed by atoms with van der Waals surface area (Å²) in [6.45, 7) is 6.89. The van der Waals surface area contributed by atoms with Crippen molar-refractivity contribution in [2.45, 2.75) is 54.5 Å². The van der Waals surface area contributed by atoms with Gasteiger partial charge in [-0.05, 0) is 23.1 Å². The highest BCUT2D eigenvalue weighted by atomic mass is 32.3. The molecule has 4 aliphatic heterocycles. The monoisotopic (exact) mass is 359 g/mol. The molecule has 4 bridgehead atoms. The minimum Gasteiger partial charge on any atom is -0.121 e. The molecule has 4 saturated heterocycles. The van der Waals surface area contributed by atoms with E-state index in [9.17, 15) is 0 Å². The van der Waals surface area contributed by atoms with Crippen LogP contribution in [0, 0.1) is 0 Å². The van der Waals surface area contributed by atoms with Gasteiger partial charge in [0.2, 0.25) is 3.91 Å². The van der Waals surface area contributed by atoms with E-state index in [0.29, 0.717) is 10.9 Å². The molecule has 0 amide bonds. The summed E-state index contributed by atoms with van der Waals surface area (Å²) >= 11 is 8.91. The zero-order valence-electron chi connectivity index (χ0n) is 11.9. The van der Waals surface area contributed by atoms with Crippen LogP contribution in [0.4, 0.5) is 0 Å².